The number of piperidine rings is 1. The SMILES string of the molecule is CC(CNS(=O)(=O)N1CCNCC1)N1CCCCC1. The molecule has 2 aliphatic heterocycles. The summed E-state index contributed by atoms with van der Waals surface area (Å²) >= 11 is 0. The van der Waals surface area contributed by atoms with Gasteiger partial charge in [0.25, 0.3) is 10.2 Å². The van der Waals surface area contributed by atoms with Gasteiger partial charge in [-0.05, 0) is 32.9 Å². The minimum absolute atomic E-state index is 0.276. The van der Waals surface area contributed by atoms with Gasteiger partial charge < -0.3 is 5.32 Å². The molecule has 2 N–H and O–H groups in total. The van der Waals surface area contributed by atoms with Crippen LogP contribution < -0.4 is 10.0 Å². The van der Waals surface area contributed by atoms with Gasteiger partial charge >= 0.3 is 0 Å². The summed E-state index contributed by atoms with van der Waals surface area (Å²) in [7, 11) is -3.30. The summed E-state index contributed by atoms with van der Waals surface area (Å²) in [4.78, 5) is 2.38. The maximum atomic E-state index is 12.1. The Morgan fingerprint density at radius 2 is 1.74 bits per heavy atom. The average molecular weight is 290 g/mol. The normalized spacial score (nSPS) is 25.3. The van der Waals surface area contributed by atoms with E-state index in [1.807, 2.05) is 0 Å². The third-order valence-corrected chi connectivity index (χ3v) is 5.57. The Bertz CT molecular complexity index is 362. The second-order valence-corrected chi connectivity index (χ2v) is 7.20. The van der Waals surface area contributed by atoms with Crippen LogP contribution in [0.3, 0.4) is 0 Å². The van der Waals surface area contributed by atoms with Gasteiger partial charge in [-0.15, -0.1) is 0 Å². The Hall–Kier alpha value is -0.210. The number of hydrogen-bond acceptors (Lipinski definition) is 4. The molecule has 0 aromatic rings. The fraction of sp³-hybridized carbons (Fsp3) is 1.00. The van der Waals surface area contributed by atoms with Crippen LogP contribution in [0.2, 0.25) is 0 Å². The fourth-order valence-electron chi connectivity index (χ4n) is 2.69. The predicted octanol–water partition coefficient (Wildman–Crippen LogP) is -0.400. The molecule has 0 aromatic carbocycles. The standard InChI is InChI=1S/C12H26N4O2S/c1-12(15-7-3-2-4-8-15)11-14-19(17,18)16-9-5-13-6-10-16/h12-14H,2-11H2,1H3. The summed E-state index contributed by atoms with van der Waals surface area (Å²) in [6, 6.07) is 0.276. The summed E-state index contributed by atoms with van der Waals surface area (Å²) in [5.74, 6) is 0. The fourth-order valence-corrected chi connectivity index (χ4v) is 3.99. The van der Waals surface area contributed by atoms with Crippen LogP contribution in [0.5, 0.6) is 0 Å². The number of nitrogens with one attached hydrogen (secondary N) is 2. The van der Waals surface area contributed by atoms with Crippen molar-refractivity contribution in [2.24, 2.45) is 0 Å². The van der Waals surface area contributed by atoms with Crippen LogP contribution >= 0.6 is 0 Å². The molecular formula is C12H26N4O2S. The summed E-state index contributed by atoms with van der Waals surface area (Å²) in [6.45, 7) is 7.40. The van der Waals surface area contributed by atoms with E-state index in [9.17, 15) is 8.42 Å². The van der Waals surface area contributed by atoms with Gasteiger partial charge in [0.05, 0.1) is 0 Å². The molecule has 0 aromatic heterocycles. The zero-order chi connectivity index (χ0) is 13.7. The van der Waals surface area contributed by atoms with Crippen molar-refractivity contribution in [2.75, 3.05) is 45.8 Å². The topological polar surface area (TPSA) is 64.7 Å². The van der Waals surface area contributed by atoms with E-state index in [-0.39, 0.29) is 6.04 Å². The van der Waals surface area contributed by atoms with Crippen LogP contribution in [0.25, 0.3) is 0 Å². The molecule has 0 aliphatic carbocycles. The van der Waals surface area contributed by atoms with E-state index in [0.717, 1.165) is 26.2 Å². The lowest BCUT2D eigenvalue weighted by Gasteiger charge is -2.33. The summed E-state index contributed by atoms with van der Waals surface area (Å²) in [5.41, 5.74) is 0. The first-order valence-corrected chi connectivity index (χ1v) is 8.73. The Morgan fingerprint density at radius 1 is 1.11 bits per heavy atom. The predicted molar refractivity (Wildman–Crippen MR) is 76.3 cm³/mol. The summed E-state index contributed by atoms with van der Waals surface area (Å²) in [6.07, 6.45) is 3.76. The number of hydrogen-bond donors (Lipinski definition) is 2. The molecule has 2 rings (SSSR count). The molecule has 0 amide bonds. The lowest BCUT2D eigenvalue weighted by Crippen LogP contribution is -2.52. The van der Waals surface area contributed by atoms with Gasteiger partial charge in [-0.1, -0.05) is 6.42 Å². The van der Waals surface area contributed by atoms with E-state index in [1.165, 1.54) is 23.6 Å². The summed E-state index contributed by atoms with van der Waals surface area (Å²) in [5, 5.41) is 3.16. The second-order valence-electron chi connectivity index (χ2n) is 5.45. The van der Waals surface area contributed by atoms with Crippen molar-refractivity contribution in [3.05, 3.63) is 0 Å². The first-order chi connectivity index (χ1) is 9.09. The molecule has 2 saturated heterocycles. The van der Waals surface area contributed by atoms with Crippen molar-refractivity contribution in [2.45, 2.75) is 32.2 Å². The maximum Gasteiger partial charge on any atom is 0.279 e. The average Bonchev–Trinajstić information content (AvgIpc) is 2.47. The van der Waals surface area contributed by atoms with Crippen molar-refractivity contribution in [3.8, 4) is 0 Å². The molecular weight excluding hydrogens is 264 g/mol. The smallest absolute Gasteiger partial charge is 0.279 e. The lowest BCUT2D eigenvalue weighted by atomic mass is 10.1. The molecule has 1 unspecified atom stereocenters. The van der Waals surface area contributed by atoms with Gasteiger partial charge in [-0.25, -0.2) is 4.72 Å². The number of likely N-dealkylation sites (tertiary alicyclic amines) is 1. The van der Waals surface area contributed by atoms with Crippen molar-refractivity contribution < 1.29 is 8.42 Å². The van der Waals surface area contributed by atoms with E-state index in [0.29, 0.717) is 19.6 Å². The highest BCUT2D eigenvalue weighted by molar-refractivity contribution is 7.87. The van der Waals surface area contributed by atoms with Crippen LogP contribution in [0.4, 0.5) is 0 Å². The van der Waals surface area contributed by atoms with E-state index >= 15 is 0 Å². The third-order valence-electron chi connectivity index (χ3n) is 3.99. The Kier molecular flexibility index (Phi) is 5.58. The molecule has 2 heterocycles. The van der Waals surface area contributed by atoms with E-state index in [4.69, 9.17) is 0 Å². The zero-order valence-corrected chi connectivity index (χ0v) is 12.6. The van der Waals surface area contributed by atoms with Crippen molar-refractivity contribution >= 4 is 10.2 Å². The van der Waals surface area contributed by atoms with Crippen LogP contribution in [0.15, 0.2) is 0 Å². The van der Waals surface area contributed by atoms with Gasteiger partial charge in [0.1, 0.15) is 0 Å². The van der Waals surface area contributed by atoms with E-state index in [1.54, 1.807) is 0 Å². The van der Waals surface area contributed by atoms with Gasteiger partial charge in [0.2, 0.25) is 0 Å². The Morgan fingerprint density at radius 3 is 2.37 bits per heavy atom. The van der Waals surface area contributed by atoms with Crippen molar-refractivity contribution in [1.29, 1.82) is 0 Å². The largest absolute Gasteiger partial charge is 0.314 e. The number of piperazine rings is 1. The van der Waals surface area contributed by atoms with E-state index < -0.39 is 10.2 Å². The minimum Gasteiger partial charge on any atom is -0.314 e. The van der Waals surface area contributed by atoms with Gasteiger partial charge in [0, 0.05) is 38.8 Å². The van der Waals surface area contributed by atoms with Gasteiger partial charge in [0.15, 0.2) is 0 Å². The molecule has 2 aliphatic rings. The molecule has 0 bridgehead atoms. The molecule has 2 fully saturated rings. The number of rotatable bonds is 5. The van der Waals surface area contributed by atoms with Crippen molar-refractivity contribution in [1.82, 2.24) is 19.2 Å². The lowest BCUT2D eigenvalue weighted by molar-refractivity contribution is 0.174. The maximum absolute atomic E-state index is 12.1. The minimum atomic E-state index is -3.30. The molecule has 1 atom stereocenters. The first kappa shape index (κ1) is 15.2. The second kappa shape index (κ2) is 6.99. The highest BCUT2D eigenvalue weighted by Gasteiger charge is 2.25. The molecule has 0 spiro atoms. The quantitative estimate of drug-likeness (QED) is 0.723. The van der Waals surface area contributed by atoms with Crippen LogP contribution in [-0.4, -0.2) is 69.5 Å². The Labute approximate surface area is 116 Å². The highest BCUT2D eigenvalue weighted by Crippen LogP contribution is 2.11. The number of nitrogens with zero attached hydrogens (tertiary/aromatic N) is 2. The Balaban J connectivity index is 1.79. The molecule has 6 nitrogen and oxygen atoms in total. The first-order valence-electron chi connectivity index (χ1n) is 7.29. The molecule has 19 heavy (non-hydrogen) atoms. The van der Waals surface area contributed by atoms with Gasteiger partial charge in [-0.3, -0.25) is 4.90 Å². The summed E-state index contributed by atoms with van der Waals surface area (Å²) < 4.78 is 28.6. The third kappa shape index (κ3) is 4.39. The molecule has 7 heteroatoms. The van der Waals surface area contributed by atoms with Crippen LogP contribution in [-0.2, 0) is 10.2 Å². The van der Waals surface area contributed by atoms with Crippen molar-refractivity contribution in [3.63, 3.8) is 0 Å². The molecule has 0 saturated carbocycles. The molecule has 0 radical (unpaired) electrons. The van der Waals surface area contributed by atoms with Gasteiger partial charge in [-0.2, -0.15) is 12.7 Å². The zero-order valence-electron chi connectivity index (χ0n) is 11.8. The molecule has 112 valence electrons. The highest BCUT2D eigenvalue weighted by atomic mass is 32.2. The van der Waals surface area contributed by atoms with E-state index in [2.05, 4.69) is 21.9 Å². The van der Waals surface area contributed by atoms with Crippen LogP contribution in [0.1, 0.15) is 26.2 Å². The van der Waals surface area contributed by atoms with Crippen LogP contribution in [0, 0.1) is 0 Å². The monoisotopic (exact) mass is 290 g/mol.